The van der Waals surface area contributed by atoms with Crippen molar-refractivity contribution in [2.24, 2.45) is 5.92 Å². The first kappa shape index (κ1) is 12.8. The van der Waals surface area contributed by atoms with E-state index in [1.54, 1.807) is 0 Å². The van der Waals surface area contributed by atoms with Gasteiger partial charge in [-0.05, 0) is 12.3 Å². The molecule has 98 valence electrons. The highest BCUT2D eigenvalue weighted by Crippen LogP contribution is 2.28. The number of hydrogen-bond donors (Lipinski definition) is 2. The molecule has 1 aliphatic carbocycles. The molecule has 4 heteroatoms. The Balaban J connectivity index is 1.47. The van der Waals surface area contributed by atoms with Gasteiger partial charge in [0.05, 0.1) is 0 Å². The lowest BCUT2D eigenvalue weighted by atomic mass is 9.83. The maximum absolute atomic E-state index is 11.6. The zero-order valence-electron chi connectivity index (χ0n) is 10.7. The highest BCUT2D eigenvalue weighted by atomic mass is 16.1. The van der Waals surface area contributed by atoms with Gasteiger partial charge in [-0.3, -0.25) is 4.79 Å². The Morgan fingerprint density at radius 1 is 1.29 bits per heavy atom. The van der Waals surface area contributed by atoms with Crippen molar-refractivity contribution in [2.75, 3.05) is 39.3 Å². The topological polar surface area (TPSA) is 44.4 Å². The highest BCUT2D eigenvalue weighted by Gasteiger charge is 2.17. The van der Waals surface area contributed by atoms with E-state index < -0.39 is 0 Å². The molecule has 1 aliphatic heterocycles. The van der Waals surface area contributed by atoms with E-state index in [1.165, 1.54) is 25.7 Å². The van der Waals surface area contributed by atoms with Gasteiger partial charge >= 0.3 is 0 Å². The molecule has 0 aromatic rings. The van der Waals surface area contributed by atoms with Crippen molar-refractivity contribution in [1.29, 1.82) is 0 Å². The molecule has 0 bridgehead atoms. The van der Waals surface area contributed by atoms with Crippen LogP contribution in [0.1, 0.15) is 32.1 Å². The van der Waals surface area contributed by atoms with Crippen molar-refractivity contribution < 1.29 is 4.79 Å². The fourth-order valence-corrected chi connectivity index (χ4v) is 2.48. The molecule has 0 aromatic heterocycles. The van der Waals surface area contributed by atoms with E-state index >= 15 is 0 Å². The Morgan fingerprint density at radius 2 is 2.06 bits per heavy atom. The minimum atomic E-state index is 0.225. The van der Waals surface area contributed by atoms with E-state index in [4.69, 9.17) is 0 Å². The SMILES string of the molecule is O=C(CCN1CCNCC1)NCCC1CCC1. The molecular formula is C13H25N3O. The number of amides is 1. The van der Waals surface area contributed by atoms with Crippen LogP contribution >= 0.6 is 0 Å². The summed E-state index contributed by atoms with van der Waals surface area (Å²) in [5.41, 5.74) is 0. The van der Waals surface area contributed by atoms with Crippen LogP contribution in [-0.2, 0) is 4.79 Å². The van der Waals surface area contributed by atoms with E-state index in [0.29, 0.717) is 6.42 Å². The lowest BCUT2D eigenvalue weighted by Crippen LogP contribution is -2.44. The van der Waals surface area contributed by atoms with Gasteiger partial charge in [0, 0.05) is 45.7 Å². The van der Waals surface area contributed by atoms with Crippen LogP contribution in [0.4, 0.5) is 0 Å². The predicted molar refractivity (Wildman–Crippen MR) is 68.9 cm³/mol. The van der Waals surface area contributed by atoms with Crippen molar-refractivity contribution in [2.45, 2.75) is 32.1 Å². The van der Waals surface area contributed by atoms with Crippen LogP contribution in [0.2, 0.25) is 0 Å². The number of rotatable bonds is 6. The lowest BCUT2D eigenvalue weighted by Gasteiger charge is -2.27. The second-order valence-electron chi connectivity index (χ2n) is 5.28. The lowest BCUT2D eigenvalue weighted by molar-refractivity contribution is -0.121. The second-order valence-corrected chi connectivity index (χ2v) is 5.28. The molecule has 0 aromatic carbocycles. The molecule has 2 N–H and O–H groups in total. The van der Waals surface area contributed by atoms with Crippen molar-refractivity contribution >= 4 is 5.91 Å². The largest absolute Gasteiger partial charge is 0.356 e. The summed E-state index contributed by atoms with van der Waals surface area (Å²) in [5.74, 6) is 1.12. The van der Waals surface area contributed by atoms with Gasteiger partial charge < -0.3 is 15.5 Å². The molecule has 0 atom stereocenters. The van der Waals surface area contributed by atoms with E-state index in [2.05, 4.69) is 15.5 Å². The van der Waals surface area contributed by atoms with Gasteiger partial charge in [0.2, 0.25) is 5.91 Å². The van der Waals surface area contributed by atoms with Gasteiger partial charge in [-0.15, -0.1) is 0 Å². The maximum atomic E-state index is 11.6. The Bertz CT molecular complexity index is 235. The van der Waals surface area contributed by atoms with Gasteiger partial charge in [0.15, 0.2) is 0 Å². The van der Waals surface area contributed by atoms with Crippen molar-refractivity contribution in [3.8, 4) is 0 Å². The zero-order valence-corrected chi connectivity index (χ0v) is 10.7. The molecule has 4 nitrogen and oxygen atoms in total. The summed E-state index contributed by atoms with van der Waals surface area (Å²) in [7, 11) is 0. The first-order valence-electron chi connectivity index (χ1n) is 7.04. The number of nitrogens with zero attached hydrogens (tertiary/aromatic N) is 1. The smallest absolute Gasteiger partial charge is 0.221 e. The third-order valence-electron chi connectivity index (χ3n) is 3.96. The van der Waals surface area contributed by atoms with Crippen molar-refractivity contribution in [1.82, 2.24) is 15.5 Å². The normalized spacial score (nSPS) is 22.1. The standard InChI is InChI=1S/C13H25N3O/c17-13(15-6-4-12-2-1-3-12)5-9-16-10-7-14-8-11-16/h12,14H,1-11H2,(H,15,17). The van der Waals surface area contributed by atoms with Crippen LogP contribution in [0.3, 0.4) is 0 Å². The number of carbonyl (C=O) groups is 1. The minimum absolute atomic E-state index is 0.225. The van der Waals surface area contributed by atoms with Gasteiger partial charge in [-0.25, -0.2) is 0 Å². The van der Waals surface area contributed by atoms with Gasteiger partial charge in [0.25, 0.3) is 0 Å². The van der Waals surface area contributed by atoms with Gasteiger partial charge in [-0.2, -0.15) is 0 Å². The summed E-state index contributed by atoms with van der Waals surface area (Å²) in [5, 5.41) is 6.36. The average molecular weight is 239 g/mol. The number of hydrogen-bond acceptors (Lipinski definition) is 3. The predicted octanol–water partition coefficient (Wildman–Crippen LogP) is 0.588. The molecule has 17 heavy (non-hydrogen) atoms. The first-order valence-corrected chi connectivity index (χ1v) is 7.04. The van der Waals surface area contributed by atoms with Crippen LogP contribution in [0.25, 0.3) is 0 Å². The third kappa shape index (κ3) is 4.64. The average Bonchev–Trinajstić information content (AvgIpc) is 2.31. The zero-order chi connectivity index (χ0) is 11.9. The van der Waals surface area contributed by atoms with E-state index in [9.17, 15) is 4.79 Å². The van der Waals surface area contributed by atoms with E-state index in [-0.39, 0.29) is 5.91 Å². The van der Waals surface area contributed by atoms with Crippen molar-refractivity contribution in [3.63, 3.8) is 0 Å². The summed E-state index contributed by atoms with van der Waals surface area (Å²) >= 11 is 0. The van der Waals surface area contributed by atoms with Crippen LogP contribution in [-0.4, -0.2) is 50.1 Å². The summed E-state index contributed by atoms with van der Waals surface area (Å²) in [6.07, 6.45) is 5.97. The quantitative estimate of drug-likeness (QED) is 0.713. The second kappa shape index (κ2) is 6.97. The molecule has 2 fully saturated rings. The molecule has 0 radical (unpaired) electrons. The van der Waals surface area contributed by atoms with Gasteiger partial charge in [-0.1, -0.05) is 19.3 Å². The summed E-state index contributed by atoms with van der Waals surface area (Å²) < 4.78 is 0. The van der Waals surface area contributed by atoms with Crippen LogP contribution in [0.5, 0.6) is 0 Å². The Hall–Kier alpha value is -0.610. The minimum Gasteiger partial charge on any atom is -0.356 e. The number of piperazine rings is 1. The molecule has 2 rings (SSSR count). The van der Waals surface area contributed by atoms with Crippen LogP contribution in [0, 0.1) is 5.92 Å². The third-order valence-corrected chi connectivity index (χ3v) is 3.96. The molecule has 1 heterocycles. The van der Waals surface area contributed by atoms with E-state index in [0.717, 1.165) is 45.2 Å². The number of carbonyl (C=O) groups excluding carboxylic acids is 1. The molecule has 1 amide bonds. The Kier molecular flexibility index (Phi) is 5.26. The summed E-state index contributed by atoms with van der Waals surface area (Å²) in [4.78, 5) is 14.0. The Morgan fingerprint density at radius 3 is 2.71 bits per heavy atom. The fraction of sp³-hybridized carbons (Fsp3) is 0.923. The Labute approximate surface area is 104 Å². The van der Waals surface area contributed by atoms with Crippen LogP contribution < -0.4 is 10.6 Å². The molecule has 2 aliphatic rings. The van der Waals surface area contributed by atoms with Gasteiger partial charge in [0.1, 0.15) is 0 Å². The summed E-state index contributed by atoms with van der Waals surface area (Å²) in [6, 6.07) is 0. The summed E-state index contributed by atoms with van der Waals surface area (Å²) in [6.45, 7) is 6.07. The first-order chi connectivity index (χ1) is 8.34. The number of nitrogens with one attached hydrogen (secondary N) is 2. The molecular weight excluding hydrogens is 214 g/mol. The fourth-order valence-electron chi connectivity index (χ4n) is 2.48. The van der Waals surface area contributed by atoms with E-state index in [1.807, 2.05) is 0 Å². The van der Waals surface area contributed by atoms with Crippen LogP contribution in [0.15, 0.2) is 0 Å². The molecule has 0 unspecified atom stereocenters. The molecule has 1 saturated heterocycles. The molecule has 0 spiro atoms. The monoisotopic (exact) mass is 239 g/mol. The molecule has 1 saturated carbocycles. The maximum Gasteiger partial charge on any atom is 0.221 e. The van der Waals surface area contributed by atoms with Crippen molar-refractivity contribution in [3.05, 3.63) is 0 Å². The highest BCUT2D eigenvalue weighted by molar-refractivity contribution is 5.76.